The van der Waals surface area contributed by atoms with E-state index in [1.807, 2.05) is 21.1 Å². The Hall–Kier alpha value is -1.25. The van der Waals surface area contributed by atoms with Crippen LogP contribution >= 0.6 is 7.82 Å². The van der Waals surface area contributed by atoms with Gasteiger partial charge in [-0.25, -0.2) is 0 Å². The number of ether oxygens (including phenoxy) is 2. The Labute approximate surface area is 282 Å². The minimum Gasteiger partial charge on any atom is -0.756 e. The van der Waals surface area contributed by atoms with Gasteiger partial charge in [0.05, 0.1) is 27.7 Å². The standard InChI is InChI=1S/C36H70NO8P/c1-6-8-10-12-14-16-17-18-19-21-23-25-27-29-36(39)45-34(33-44-46(40,41)43-31-30-37(3,4)5)32-42-35(38)28-26-24-22-20-15-13-11-9-7-2/h18-19,34H,6-17,20-33H2,1-5H3/b19-18+/t34-/m1/s1. The van der Waals surface area contributed by atoms with Crippen molar-refractivity contribution in [2.45, 2.75) is 161 Å². The van der Waals surface area contributed by atoms with E-state index in [2.05, 4.69) is 26.0 Å². The van der Waals surface area contributed by atoms with Gasteiger partial charge in [-0.1, -0.05) is 116 Å². The summed E-state index contributed by atoms with van der Waals surface area (Å²) < 4.78 is 33.6. The lowest BCUT2D eigenvalue weighted by molar-refractivity contribution is -0.870. The third-order valence-corrected chi connectivity index (χ3v) is 8.75. The summed E-state index contributed by atoms with van der Waals surface area (Å²) in [5.41, 5.74) is 0. The highest BCUT2D eigenvalue weighted by molar-refractivity contribution is 7.45. The van der Waals surface area contributed by atoms with Crippen molar-refractivity contribution in [3.63, 3.8) is 0 Å². The van der Waals surface area contributed by atoms with E-state index in [4.69, 9.17) is 18.5 Å². The van der Waals surface area contributed by atoms with Crippen LogP contribution in [0.1, 0.15) is 155 Å². The van der Waals surface area contributed by atoms with Gasteiger partial charge in [0, 0.05) is 12.8 Å². The maximum absolute atomic E-state index is 12.5. The molecule has 0 aromatic heterocycles. The average Bonchev–Trinajstić information content (AvgIpc) is 2.99. The van der Waals surface area contributed by atoms with E-state index in [9.17, 15) is 19.0 Å². The topological polar surface area (TPSA) is 111 Å². The number of carbonyl (C=O) groups is 2. The van der Waals surface area contributed by atoms with Crippen LogP contribution < -0.4 is 4.89 Å². The molecule has 0 saturated carbocycles. The molecule has 2 atom stereocenters. The van der Waals surface area contributed by atoms with Gasteiger partial charge in [-0.05, 0) is 38.5 Å². The summed E-state index contributed by atoms with van der Waals surface area (Å²) >= 11 is 0. The molecule has 10 heteroatoms. The van der Waals surface area contributed by atoms with Crippen molar-refractivity contribution in [1.29, 1.82) is 0 Å². The molecule has 9 nitrogen and oxygen atoms in total. The first kappa shape index (κ1) is 44.8. The van der Waals surface area contributed by atoms with E-state index in [-0.39, 0.29) is 26.1 Å². The quantitative estimate of drug-likeness (QED) is 0.0223. The lowest BCUT2D eigenvalue weighted by Gasteiger charge is -2.28. The minimum atomic E-state index is -4.61. The van der Waals surface area contributed by atoms with Gasteiger partial charge in [0.25, 0.3) is 7.82 Å². The van der Waals surface area contributed by atoms with Gasteiger partial charge in [0.15, 0.2) is 6.10 Å². The van der Waals surface area contributed by atoms with Gasteiger partial charge in [0.2, 0.25) is 0 Å². The molecule has 0 heterocycles. The Morgan fingerprint density at radius 3 is 1.63 bits per heavy atom. The van der Waals surface area contributed by atoms with E-state index in [1.165, 1.54) is 77.0 Å². The first-order chi connectivity index (χ1) is 22.0. The van der Waals surface area contributed by atoms with Crippen LogP contribution in [-0.2, 0) is 32.7 Å². The van der Waals surface area contributed by atoms with Gasteiger partial charge in [-0.3, -0.25) is 14.2 Å². The summed E-state index contributed by atoms with van der Waals surface area (Å²) in [6.45, 7) is 4.16. The molecule has 0 aliphatic heterocycles. The Morgan fingerprint density at radius 1 is 0.652 bits per heavy atom. The second-order valence-corrected chi connectivity index (χ2v) is 15.0. The minimum absolute atomic E-state index is 0.0311. The van der Waals surface area contributed by atoms with E-state index < -0.39 is 32.5 Å². The molecule has 46 heavy (non-hydrogen) atoms. The van der Waals surface area contributed by atoms with Crippen LogP contribution in [0.15, 0.2) is 12.2 Å². The fraction of sp³-hybridized carbons (Fsp3) is 0.889. The van der Waals surface area contributed by atoms with Gasteiger partial charge in [-0.15, -0.1) is 0 Å². The molecular weight excluding hydrogens is 605 g/mol. The molecule has 1 unspecified atom stereocenters. The maximum atomic E-state index is 12.5. The summed E-state index contributed by atoms with van der Waals surface area (Å²) in [6.07, 6.45) is 26.7. The zero-order valence-electron chi connectivity index (χ0n) is 30.3. The van der Waals surface area contributed by atoms with E-state index in [0.717, 1.165) is 44.9 Å². The summed E-state index contributed by atoms with van der Waals surface area (Å²) in [6, 6.07) is 0. The predicted octanol–water partition coefficient (Wildman–Crippen LogP) is 8.83. The number of likely N-dealkylation sites (N-methyl/N-ethyl adjacent to an activating group) is 1. The molecule has 0 bridgehead atoms. The van der Waals surface area contributed by atoms with Crippen LogP contribution in [0.5, 0.6) is 0 Å². The molecule has 0 rings (SSSR count). The van der Waals surface area contributed by atoms with Crippen molar-refractivity contribution >= 4 is 19.8 Å². The highest BCUT2D eigenvalue weighted by Gasteiger charge is 2.21. The Kier molecular flexibility index (Phi) is 29.0. The molecule has 0 radical (unpaired) electrons. The fourth-order valence-electron chi connectivity index (χ4n) is 4.82. The molecule has 0 aromatic carbocycles. The Morgan fingerprint density at radius 2 is 1.11 bits per heavy atom. The van der Waals surface area contributed by atoms with Crippen LogP contribution in [0.2, 0.25) is 0 Å². The van der Waals surface area contributed by atoms with Crippen molar-refractivity contribution < 1.29 is 42.1 Å². The van der Waals surface area contributed by atoms with Crippen molar-refractivity contribution in [1.82, 2.24) is 0 Å². The lowest BCUT2D eigenvalue weighted by Crippen LogP contribution is -2.37. The van der Waals surface area contributed by atoms with Crippen LogP contribution in [0.3, 0.4) is 0 Å². The van der Waals surface area contributed by atoms with E-state index >= 15 is 0 Å². The van der Waals surface area contributed by atoms with Crippen LogP contribution in [0.25, 0.3) is 0 Å². The van der Waals surface area contributed by atoms with Crippen molar-refractivity contribution in [2.24, 2.45) is 0 Å². The van der Waals surface area contributed by atoms with Crippen molar-refractivity contribution in [2.75, 3.05) is 47.5 Å². The summed E-state index contributed by atoms with van der Waals surface area (Å²) in [4.78, 5) is 37.2. The zero-order chi connectivity index (χ0) is 34.4. The molecule has 0 fully saturated rings. The largest absolute Gasteiger partial charge is 0.756 e. The number of hydrogen-bond donors (Lipinski definition) is 0. The lowest BCUT2D eigenvalue weighted by atomic mass is 10.1. The molecule has 0 saturated heterocycles. The number of hydrogen-bond acceptors (Lipinski definition) is 8. The number of carbonyl (C=O) groups excluding carboxylic acids is 2. The smallest absolute Gasteiger partial charge is 0.306 e. The average molecular weight is 676 g/mol. The predicted molar refractivity (Wildman–Crippen MR) is 185 cm³/mol. The number of allylic oxidation sites excluding steroid dienone is 2. The summed E-state index contributed by atoms with van der Waals surface area (Å²) in [5.74, 6) is -0.855. The second kappa shape index (κ2) is 29.9. The van der Waals surface area contributed by atoms with Crippen LogP contribution in [0, 0.1) is 0 Å². The highest BCUT2D eigenvalue weighted by atomic mass is 31.2. The monoisotopic (exact) mass is 675 g/mol. The Balaban J connectivity index is 4.48. The molecule has 272 valence electrons. The zero-order valence-corrected chi connectivity index (χ0v) is 31.2. The normalized spacial score (nSPS) is 14.0. The van der Waals surface area contributed by atoms with E-state index in [1.54, 1.807) is 0 Å². The maximum Gasteiger partial charge on any atom is 0.306 e. The van der Waals surface area contributed by atoms with Gasteiger partial charge in [-0.2, -0.15) is 0 Å². The van der Waals surface area contributed by atoms with Crippen LogP contribution in [0.4, 0.5) is 0 Å². The third kappa shape index (κ3) is 32.7. The number of unbranched alkanes of at least 4 members (excludes halogenated alkanes) is 17. The fourth-order valence-corrected chi connectivity index (χ4v) is 5.55. The molecule has 0 aromatic rings. The van der Waals surface area contributed by atoms with Gasteiger partial charge >= 0.3 is 11.9 Å². The number of nitrogens with zero attached hydrogens (tertiary/aromatic N) is 1. The van der Waals surface area contributed by atoms with Crippen LogP contribution in [-0.4, -0.2) is 70.0 Å². The number of quaternary nitrogens is 1. The molecule has 0 aliphatic rings. The number of esters is 2. The molecule has 0 spiro atoms. The molecular formula is C36H70NO8P. The third-order valence-electron chi connectivity index (χ3n) is 7.79. The summed E-state index contributed by atoms with van der Waals surface area (Å²) in [7, 11) is 1.16. The first-order valence-electron chi connectivity index (χ1n) is 18.4. The first-order valence-corrected chi connectivity index (χ1v) is 19.9. The number of rotatable bonds is 33. The molecule has 0 N–H and O–H groups in total. The second-order valence-electron chi connectivity index (χ2n) is 13.6. The van der Waals surface area contributed by atoms with E-state index in [0.29, 0.717) is 17.4 Å². The van der Waals surface area contributed by atoms with Gasteiger partial charge in [0.1, 0.15) is 19.8 Å². The number of phosphoric acid groups is 1. The highest BCUT2D eigenvalue weighted by Crippen LogP contribution is 2.38. The van der Waals surface area contributed by atoms with Crippen molar-refractivity contribution in [3.8, 4) is 0 Å². The SMILES string of the molecule is CCCCCCCC/C=C/CCCCCC(=O)O[C@H](COC(=O)CCCCCCCCCCC)COP(=O)([O-])OCC[N+](C)(C)C. The van der Waals surface area contributed by atoms with Crippen molar-refractivity contribution in [3.05, 3.63) is 12.2 Å². The number of phosphoric ester groups is 1. The molecule has 0 aliphatic carbocycles. The molecule has 0 amide bonds. The summed E-state index contributed by atoms with van der Waals surface area (Å²) in [5, 5.41) is 0. The van der Waals surface area contributed by atoms with Gasteiger partial charge < -0.3 is 27.9 Å². The Bertz CT molecular complexity index is 814.